The third kappa shape index (κ3) is 3.78. The molecule has 1 N–H and O–H groups in total. The van der Waals surface area contributed by atoms with Crippen molar-refractivity contribution in [3.8, 4) is 0 Å². The van der Waals surface area contributed by atoms with Gasteiger partial charge < -0.3 is 10.2 Å². The fourth-order valence-corrected chi connectivity index (χ4v) is 3.62. The number of nitrogens with zero attached hydrogens (tertiary/aromatic N) is 2. The lowest BCUT2D eigenvalue weighted by molar-refractivity contribution is 0.190. The van der Waals surface area contributed by atoms with Crippen LogP contribution < -0.4 is 5.32 Å². The third-order valence-corrected chi connectivity index (χ3v) is 5.18. The number of piperidine rings is 1. The van der Waals surface area contributed by atoms with Crippen molar-refractivity contribution < 1.29 is 0 Å². The molecule has 3 heteroatoms. The number of para-hydroxylation sites is 1. The molecule has 21 heavy (non-hydrogen) atoms. The highest BCUT2D eigenvalue weighted by Crippen LogP contribution is 2.24. The quantitative estimate of drug-likeness (QED) is 0.917. The van der Waals surface area contributed by atoms with Crippen LogP contribution >= 0.6 is 0 Å². The van der Waals surface area contributed by atoms with E-state index in [1.807, 2.05) is 0 Å². The molecule has 0 bridgehead atoms. The average Bonchev–Trinajstić information content (AvgIpc) is 2.98. The number of benzene rings is 1. The molecule has 3 rings (SSSR count). The Labute approximate surface area is 129 Å². The molecule has 116 valence electrons. The van der Waals surface area contributed by atoms with Gasteiger partial charge in [-0.1, -0.05) is 18.2 Å². The Hall–Kier alpha value is -1.06. The van der Waals surface area contributed by atoms with Crippen molar-refractivity contribution in [3.05, 3.63) is 29.8 Å². The molecular formula is C18H29N3. The number of anilines is 1. The normalized spacial score (nSPS) is 27.9. The van der Waals surface area contributed by atoms with E-state index in [-0.39, 0.29) is 0 Å². The van der Waals surface area contributed by atoms with E-state index < -0.39 is 0 Å². The van der Waals surface area contributed by atoms with Crippen molar-refractivity contribution in [1.82, 2.24) is 9.80 Å². The molecule has 1 aromatic carbocycles. The summed E-state index contributed by atoms with van der Waals surface area (Å²) in [5, 5.41) is 3.82. The van der Waals surface area contributed by atoms with Gasteiger partial charge in [-0.3, -0.25) is 4.90 Å². The lowest BCUT2D eigenvalue weighted by Gasteiger charge is -2.36. The van der Waals surface area contributed by atoms with E-state index in [1.165, 1.54) is 56.6 Å². The van der Waals surface area contributed by atoms with E-state index in [0.717, 1.165) is 6.54 Å². The molecule has 1 aromatic rings. The van der Waals surface area contributed by atoms with Crippen LogP contribution in [-0.4, -0.2) is 48.6 Å². The summed E-state index contributed by atoms with van der Waals surface area (Å²) in [4.78, 5) is 5.05. The minimum absolute atomic E-state index is 0.621. The molecule has 0 spiro atoms. The van der Waals surface area contributed by atoms with E-state index >= 15 is 0 Å². The molecule has 0 aromatic heterocycles. The monoisotopic (exact) mass is 287 g/mol. The maximum absolute atomic E-state index is 3.82. The molecule has 2 saturated heterocycles. The molecule has 2 fully saturated rings. The highest BCUT2D eigenvalue weighted by Gasteiger charge is 2.23. The first kappa shape index (κ1) is 14.9. The number of nitrogens with one attached hydrogen (secondary N) is 1. The van der Waals surface area contributed by atoms with Crippen LogP contribution in [-0.2, 0) is 6.54 Å². The zero-order valence-corrected chi connectivity index (χ0v) is 13.5. The summed E-state index contributed by atoms with van der Waals surface area (Å²) >= 11 is 0. The van der Waals surface area contributed by atoms with E-state index in [0.29, 0.717) is 12.1 Å². The van der Waals surface area contributed by atoms with Crippen molar-refractivity contribution in [3.63, 3.8) is 0 Å². The van der Waals surface area contributed by atoms with Crippen LogP contribution in [0.5, 0.6) is 0 Å². The number of likely N-dealkylation sites (tertiary alicyclic amines) is 2. The van der Waals surface area contributed by atoms with Crippen LogP contribution in [0.15, 0.2) is 24.3 Å². The Kier molecular flexibility index (Phi) is 4.81. The van der Waals surface area contributed by atoms with Crippen LogP contribution in [0.2, 0.25) is 0 Å². The number of rotatable bonds is 4. The highest BCUT2D eigenvalue weighted by atomic mass is 15.2. The molecule has 0 aliphatic carbocycles. The van der Waals surface area contributed by atoms with E-state index in [1.54, 1.807) is 0 Å². The van der Waals surface area contributed by atoms with Crippen LogP contribution in [0.1, 0.15) is 38.2 Å². The fourth-order valence-electron chi connectivity index (χ4n) is 3.62. The molecule has 0 radical (unpaired) electrons. The first-order valence-corrected chi connectivity index (χ1v) is 8.49. The van der Waals surface area contributed by atoms with Gasteiger partial charge in [-0.25, -0.2) is 0 Å². The Balaban J connectivity index is 1.64. The summed E-state index contributed by atoms with van der Waals surface area (Å²) in [6, 6.07) is 10.2. The van der Waals surface area contributed by atoms with E-state index in [9.17, 15) is 0 Å². The predicted molar refractivity (Wildman–Crippen MR) is 89.7 cm³/mol. The van der Waals surface area contributed by atoms with Crippen molar-refractivity contribution >= 4 is 5.69 Å². The second kappa shape index (κ2) is 6.80. The minimum Gasteiger partial charge on any atom is -0.382 e. The lowest BCUT2D eigenvalue weighted by atomic mass is 9.98. The summed E-state index contributed by atoms with van der Waals surface area (Å²) in [5.41, 5.74) is 2.82. The molecule has 2 heterocycles. The number of hydrogen-bond acceptors (Lipinski definition) is 3. The Morgan fingerprint density at radius 2 is 1.90 bits per heavy atom. The number of hydrogen-bond donors (Lipinski definition) is 1. The largest absolute Gasteiger partial charge is 0.382 e. The highest BCUT2D eigenvalue weighted by molar-refractivity contribution is 5.51. The minimum atomic E-state index is 0.621. The van der Waals surface area contributed by atoms with Gasteiger partial charge in [0.05, 0.1) is 0 Å². The first-order chi connectivity index (χ1) is 10.2. The smallest absolute Gasteiger partial charge is 0.0388 e. The Bertz CT molecular complexity index is 454. The molecular weight excluding hydrogens is 258 g/mol. The van der Waals surface area contributed by atoms with Gasteiger partial charge in [-0.2, -0.15) is 0 Å². The summed E-state index contributed by atoms with van der Waals surface area (Å²) < 4.78 is 0. The fraction of sp³-hybridized carbons (Fsp3) is 0.667. The molecule has 2 atom stereocenters. The first-order valence-electron chi connectivity index (χ1n) is 8.49. The van der Waals surface area contributed by atoms with Gasteiger partial charge in [0.15, 0.2) is 0 Å². The van der Waals surface area contributed by atoms with Gasteiger partial charge in [0.2, 0.25) is 0 Å². The summed E-state index contributed by atoms with van der Waals surface area (Å²) in [6.07, 6.45) is 5.22. The van der Waals surface area contributed by atoms with Crippen LogP contribution in [0.25, 0.3) is 0 Å². The van der Waals surface area contributed by atoms with Gasteiger partial charge in [-0.05, 0) is 64.4 Å². The van der Waals surface area contributed by atoms with Crippen LogP contribution in [0.4, 0.5) is 5.69 Å². The molecule has 3 nitrogen and oxygen atoms in total. The summed E-state index contributed by atoms with van der Waals surface area (Å²) in [7, 11) is 2.24. The van der Waals surface area contributed by atoms with E-state index in [2.05, 4.69) is 53.4 Å². The van der Waals surface area contributed by atoms with Crippen molar-refractivity contribution in [2.75, 3.05) is 32.0 Å². The standard InChI is InChI=1S/C18H29N3/c1-15-13-17(9-12-20(15)2)19-18-8-4-3-7-16(18)14-21-10-5-6-11-21/h3-4,7-8,15,17,19H,5-6,9-14H2,1-2H3. The van der Waals surface area contributed by atoms with Crippen molar-refractivity contribution in [2.45, 2.75) is 51.2 Å². The Morgan fingerprint density at radius 1 is 1.14 bits per heavy atom. The second-order valence-corrected chi connectivity index (χ2v) is 6.84. The average molecular weight is 287 g/mol. The van der Waals surface area contributed by atoms with Gasteiger partial charge in [-0.15, -0.1) is 0 Å². The van der Waals surface area contributed by atoms with Gasteiger partial charge in [0.25, 0.3) is 0 Å². The zero-order chi connectivity index (χ0) is 14.7. The summed E-state index contributed by atoms with van der Waals surface area (Å²) in [5.74, 6) is 0. The lowest BCUT2D eigenvalue weighted by Crippen LogP contribution is -2.42. The molecule has 2 aliphatic rings. The second-order valence-electron chi connectivity index (χ2n) is 6.84. The molecule has 2 unspecified atom stereocenters. The molecule has 2 aliphatic heterocycles. The summed E-state index contributed by atoms with van der Waals surface area (Å²) in [6.45, 7) is 7.17. The van der Waals surface area contributed by atoms with Gasteiger partial charge >= 0.3 is 0 Å². The van der Waals surface area contributed by atoms with E-state index in [4.69, 9.17) is 0 Å². The predicted octanol–water partition coefficient (Wildman–Crippen LogP) is 3.18. The topological polar surface area (TPSA) is 18.5 Å². The van der Waals surface area contributed by atoms with Gasteiger partial charge in [0.1, 0.15) is 0 Å². The SMILES string of the molecule is CC1CC(Nc2ccccc2CN2CCCC2)CCN1C. The third-order valence-electron chi connectivity index (χ3n) is 5.18. The van der Waals surface area contributed by atoms with Crippen LogP contribution in [0.3, 0.4) is 0 Å². The zero-order valence-electron chi connectivity index (χ0n) is 13.5. The Morgan fingerprint density at radius 3 is 2.67 bits per heavy atom. The molecule has 0 saturated carbocycles. The van der Waals surface area contributed by atoms with Crippen LogP contribution in [0, 0.1) is 0 Å². The maximum Gasteiger partial charge on any atom is 0.0388 e. The maximum atomic E-state index is 3.82. The van der Waals surface area contributed by atoms with Crippen molar-refractivity contribution in [1.29, 1.82) is 0 Å². The molecule has 0 amide bonds. The van der Waals surface area contributed by atoms with Crippen molar-refractivity contribution in [2.24, 2.45) is 0 Å². The van der Waals surface area contributed by atoms with Gasteiger partial charge in [0, 0.05) is 30.9 Å².